The van der Waals surface area contributed by atoms with Gasteiger partial charge in [0, 0.05) is 6.42 Å². The van der Waals surface area contributed by atoms with Gasteiger partial charge >= 0.3 is 6.01 Å². The number of aromatic nitrogens is 3. The van der Waals surface area contributed by atoms with Crippen LogP contribution in [0.3, 0.4) is 0 Å². The summed E-state index contributed by atoms with van der Waals surface area (Å²) in [4.78, 5) is 15.2. The zero-order chi connectivity index (χ0) is 11.3. The monoisotopic (exact) mass is 212 g/mol. The number of hydrogen-bond donors (Lipinski definition) is 2. The average Bonchev–Trinajstić information content (AvgIpc) is 2.62. The molecule has 0 spiro atoms. The van der Waals surface area contributed by atoms with Crippen LogP contribution in [0.25, 0.3) is 0 Å². The number of ether oxygens (including phenoxy) is 1. The van der Waals surface area contributed by atoms with Crippen molar-refractivity contribution >= 4 is 11.9 Å². The van der Waals surface area contributed by atoms with E-state index in [9.17, 15) is 4.79 Å². The minimum Gasteiger partial charge on any atom is -0.466 e. The molecule has 0 fully saturated rings. The van der Waals surface area contributed by atoms with E-state index in [0.717, 1.165) is 6.42 Å². The highest BCUT2D eigenvalue weighted by atomic mass is 16.5. The second-order valence-corrected chi connectivity index (χ2v) is 3.65. The van der Waals surface area contributed by atoms with Crippen LogP contribution in [0.5, 0.6) is 6.01 Å². The van der Waals surface area contributed by atoms with Crippen LogP contribution < -0.4 is 10.1 Å². The second-order valence-electron chi connectivity index (χ2n) is 3.65. The van der Waals surface area contributed by atoms with Gasteiger partial charge in [0.05, 0.1) is 7.11 Å². The van der Waals surface area contributed by atoms with E-state index in [1.165, 1.54) is 7.11 Å². The fourth-order valence-corrected chi connectivity index (χ4v) is 1.01. The lowest BCUT2D eigenvalue weighted by Gasteiger charge is -2.03. The van der Waals surface area contributed by atoms with E-state index in [-0.39, 0.29) is 11.9 Å². The number of H-pyrrole nitrogens is 1. The number of methoxy groups -OCH3 is 1. The molecule has 0 unspecified atom stereocenters. The number of anilines is 1. The summed E-state index contributed by atoms with van der Waals surface area (Å²) in [6, 6.07) is 0.217. The summed E-state index contributed by atoms with van der Waals surface area (Å²) in [6.07, 6.45) is 1.35. The number of amides is 1. The Hall–Kier alpha value is -1.59. The van der Waals surface area contributed by atoms with Crippen LogP contribution in [0.15, 0.2) is 0 Å². The molecule has 0 bridgehead atoms. The minimum atomic E-state index is -0.0671. The molecule has 1 rings (SSSR count). The van der Waals surface area contributed by atoms with Crippen molar-refractivity contribution in [2.75, 3.05) is 12.4 Å². The highest BCUT2D eigenvalue weighted by Crippen LogP contribution is 2.07. The summed E-state index contributed by atoms with van der Waals surface area (Å²) in [5.74, 6) is 0.767. The summed E-state index contributed by atoms with van der Waals surface area (Å²) in [6.45, 7) is 4.15. The van der Waals surface area contributed by atoms with Gasteiger partial charge in [-0.05, 0) is 12.3 Å². The van der Waals surface area contributed by atoms with Crippen molar-refractivity contribution in [2.45, 2.75) is 26.7 Å². The Morgan fingerprint density at radius 1 is 1.60 bits per heavy atom. The third-order valence-electron chi connectivity index (χ3n) is 1.85. The first kappa shape index (κ1) is 11.5. The lowest BCUT2D eigenvalue weighted by atomic mass is 10.1. The molecular formula is C9H16N4O2. The van der Waals surface area contributed by atoms with Crippen molar-refractivity contribution in [3.05, 3.63) is 0 Å². The van der Waals surface area contributed by atoms with Crippen molar-refractivity contribution in [3.8, 4) is 6.01 Å². The molecule has 1 amide bonds. The number of hydrogen-bond acceptors (Lipinski definition) is 4. The summed E-state index contributed by atoms with van der Waals surface area (Å²) >= 11 is 0. The van der Waals surface area contributed by atoms with Gasteiger partial charge in [0.2, 0.25) is 11.9 Å². The van der Waals surface area contributed by atoms with E-state index >= 15 is 0 Å². The maximum atomic E-state index is 11.4. The lowest BCUT2D eigenvalue weighted by molar-refractivity contribution is -0.116. The molecular weight excluding hydrogens is 196 g/mol. The Morgan fingerprint density at radius 3 is 2.87 bits per heavy atom. The van der Waals surface area contributed by atoms with Gasteiger partial charge in [0.25, 0.3) is 0 Å². The van der Waals surface area contributed by atoms with Crippen molar-refractivity contribution < 1.29 is 9.53 Å². The molecule has 1 aromatic heterocycles. The first-order valence-electron chi connectivity index (χ1n) is 4.88. The summed E-state index contributed by atoms with van der Waals surface area (Å²) in [7, 11) is 1.47. The number of carbonyl (C=O) groups excluding carboxylic acids is 1. The van der Waals surface area contributed by atoms with Crippen LogP contribution in [-0.2, 0) is 4.79 Å². The van der Waals surface area contributed by atoms with Crippen molar-refractivity contribution in [3.63, 3.8) is 0 Å². The van der Waals surface area contributed by atoms with Crippen LogP contribution in [0.2, 0.25) is 0 Å². The predicted octanol–water partition coefficient (Wildman–Crippen LogP) is 1.19. The molecule has 0 saturated heterocycles. The fraction of sp³-hybridized carbons (Fsp3) is 0.667. The summed E-state index contributed by atoms with van der Waals surface area (Å²) < 4.78 is 4.77. The van der Waals surface area contributed by atoms with E-state index in [2.05, 4.69) is 34.3 Å². The largest absolute Gasteiger partial charge is 0.466 e. The number of aromatic amines is 1. The Morgan fingerprint density at radius 2 is 2.33 bits per heavy atom. The SMILES string of the molecule is COc1n[nH]c(NC(=O)CCC(C)C)n1. The van der Waals surface area contributed by atoms with Crippen molar-refractivity contribution in [2.24, 2.45) is 5.92 Å². The third kappa shape index (κ3) is 3.97. The van der Waals surface area contributed by atoms with Crippen molar-refractivity contribution in [1.82, 2.24) is 15.2 Å². The van der Waals surface area contributed by atoms with Gasteiger partial charge in [-0.25, -0.2) is 5.10 Å². The topological polar surface area (TPSA) is 79.9 Å². The van der Waals surface area contributed by atoms with Crippen LogP contribution in [0, 0.1) is 5.92 Å². The number of nitrogens with zero attached hydrogens (tertiary/aromatic N) is 2. The maximum absolute atomic E-state index is 11.4. The van der Waals surface area contributed by atoms with Crippen LogP contribution in [0.4, 0.5) is 5.95 Å². The maximum Gasteiger partial charge on any atom is 0.336 e. The Kier molecular flexibility index (Phi) is 4.08. The molecule has 1 aromatic rings. The van der Waals surface area contributed by atoms with Gasteiger partial charge in [0.15, 0.2) is 0 Å². The van der Waals surface area contributed by atoms with Gasteiger partial charge < -0.3 is 4.74 Å². The molecule has 2 N–H and O–H groups in total. The second kappa shape index (κ2) is 5.33. The molecule has 6 nitrogen and oxygen atoms in total. The highest BCUT2D eigenvalue weighted by Gasteiger charge is 2.07. The third-order valence-corrected chi connectivity index (χ3v) is 1.85. The molecule has 15 heavy (non-hydrogen) atoms. The summed E-state index contributed by atoms with van der Waals surface area (Å²) in [5, 5.41) is 8.87. The Bertz CT molecular complexity index is 322. The summed E-state index contributed by atoms with van der Waals surface area (Å²) in [5.41, 5.74) is 0. The Labute approximate surface area is 88.4 Å². The molecule has 0 aliphatic heterocycles. The molecule has 0 atom stereocenters. The predicted molar refractivity (Wildman–Crippen MR) is 55.6 cm³/mol. The quantitative estimate of drug-likeness (QED) is 0.768. The standard InChI is InChI=1S/C9H16N4O2/c1-6(2)4-5-7(14)10-8-11-9(15-3)13-12-8/h6H,4-5H2,1-3H3,(H2,10,11,12,13,14). The zero-order valence-electron chi connectivity index (χ0n) is 9.20. The number of rotatable bonds is 5. The molecule has 0 radical (unpaired) electrons. The van der Waals surface area contributed by atoms with Gasteiger partial charge in [0.1, 0.15) is 0 Å². The number of carbonyl (C=O) groups is 1. The van der Waals surface area contributed by atoms with Crippen LogP contribution >= 0.6 is 0 Å². The van der Waals surface area contributed by atoms with E-state index in [4.69, 9.17) is 4.74 Å². The lowest BCUT2D eigenvalue weighted by Crippen LogP contribution is -2.13. The number of nitrogens with one attached hydrogen (secondary N) is 2. The molecule has 6 heteroatoms. The molecule has 0 saturated carbocycles. The molecule has 84 valence electrons. The normalized spacial score (nSPS) is 10.4. The van der Waals surface area contributed by atoms with E-state index in [0.29, 0.717) is 18.3 Å². The zero-order valence-corrected chi connectivity index (χ0v) is 9.20. The molecule has 1 heterocycles. The van der Waals surface area contributed by atoms with Gasteiger partial charge in [-0.3, -0.25) is 10.1 Å². The molecule has 0 aromatic carbocycles. The molecule has 0 aliphatic rings. The van der Waals surface area contributed by atoms with Crippen LogP contribution in [-0.4, -0.2) is 28.2 Å². The highest BCUT2D eigenvalue weighted by molar-refractivity contribution is 5.88. The van der Waals surface area contributed by atoms with E-state index in [1.54, 1.807) is 0 Å². The average molecular weight is 212 g/mol. The van der Waals surface area contributed by atoms with Gasteiger partial charge in [-0.2, -0.15) is 4.98 Å². The molecule has 0 aliphatic carbocycles. The Balaban J connectivity index is 2.37. The smallest absolute Gasteiger partial charge is 0.336 e. The minimum absolute atomic E-state index is 0.0671. The first-order valence-corrected chi connectivity index (χ1v) is 4.88. The van der Waals surface area contributed by atoms with E-state index < -0.39 is 0 Å². The van der Waals surface area contributed by atoms with Gasteiger partial charge in [-0.1, -0.05) is 13.8 Å². The van der Waals surface area contributed by atoms with Crippen LogP contribution in [0.1, 0.15) is 26.7 Å². The van der Waals surface area contributed by atoms with Crippen molar-refractivity contribution in [1.29, 1.82) is 0 Å². The first-order chi connectivity index (χ1) is 7.11. The van der Waals surface area contributed by atoms with Gasteiger partial charge in [-0.15, -0.1) is 5.10 Å². The van der Waals surface area contributed by atoms with E-state index in [1.807, 2.05) is 0 Å². The fourth-order valence-electron chi connectivity index (χ4n) is 1.01.